The minimum Gasteiger partial charge on any atom is -0.325 e. The number of hydrogen-bond acceptors (Lipinski definition) is 5. The monoisotopic (exact) mass is 465 g/mol. The number of hydrogen-bond donors (Lipinski definition) is 2. The van der Waals surface area contributed by atoms with Crippen LogP contribution in [0.25, 0.3) is 0 Å². The molecule has 0 unspecified atom stereocenters. The Morgan fingerprint density at radius 1 is 0.970 bits per heavy atom. The molecule has 174 valence electrons. The Bertz CT molecular complexity index is 1130. The van der Waals surface area contributed by atoms with Crippen LogP contribution in [0, 0.1) is 20.8 Å². The maximum atomic E-state index is 12.6. The molecule has 0 saturated heterocycles. The topological polar surface area (TPSA) is 88.9 Å². The molecule has 1 aromatic heterocycles. The predicted octanol–water partition coefficient (Wildman–Crippen LogP) is 4.70. The van der Waals surface area contributed by atoms with Gasteiger partial charge < -0.3 is 15.2 Å². The summed E-state index contributed by atoms with van der Waals surface area (Å²) >= 11 is 1.32. The van der Waals surface area contributed by atoms with Crippen molar-refractivity contribution in [2.45, 2.75) is 59.2 Å². The van der Waals surface area contributed by atoms with Crippen LogP contribution in [-0.4, -0.2) is 32.3 Å². The number of carbonyl (C=O) groups is 2. The van der Waals surface area contributed by atoms with Gasteiger partial charge in [0.1, 0.15) is 5.82 Å². The van der Waals surface area contributed by atoms with Gasteiger partial charge in [-0.15, -0.1) is 10.2 Å². The van der Waals surface area contributed by atoms with Gasteiger partial charge in [-0.25, -0.2) is 0 Å². The van der Waals surface area contributed by atoms with Crippen LogP contribution in [0.1, 0.15) is 41.9 Å². The van der Waals surface area contributed by atoms with Gasteiger partial charge in [0.2, 0.25) is 11.8 Å². The second-order valence-corrected chi connectivity index (χ2v) is 8.93. The lowest BCUT2D eigenvalue weighted by molar-refractivity contribution is -0.116. The number of benzene rings is 2. The fourth-order valence-corrected chi connectivity index (χ4v) is 4.67. The zero-order chi connectivity index (χ0) is 24.0. The lowest BCUT2D eigenvalue weighted by atomic mass is 10.1. The first kappa shape index (κ1) is 24.5. The van der Waals surface area contributed by atoms with Crippen LogP contribution in [0.4, 0.5) is 11.4 Å². The summed E-state index contributed by atoms with van der Waals surface area (Å²) in [5, 5.41) is 15.0. The minimum atomic E-state index is -0.141. The standard InChI is InChI=1S/C25H31N5O2S/c1-6-19-10-8-9-11-20(19)26-22(31)14-21-28-29-25(30(21)7-2)33-15-23(32)27-24-17(4)12-16(3)13-18(24)5/h8-13H,6-7,14-15H2,1-5H3,(H,26,31)(H,27,32). The molecule has 3 rings (SSSR count). The summed E-state index contributed by atoms with van der Waals surface area (Å²) in [5.74, 6) is 0.548. The van der Waals surface area contributed by atoms with Gasteiger partial charge in [0.25, 0.3) is 0 Å². The van der Waals surface area contributed by atoms with E-state index >= 15 is 0 Å². The SMILES string of the molecule is CCc1ccccc1NC(=O)Cc1nnc(SCC(=O)Nc2c(C)cc(C)cc2C)n1CC. The number of rotatable bonds is 9. The van der Waals surface area contributed by atoms with E-state index in [0.717, 1.165) is 34.5 Å². The minimum absolute atomic E-state index is 0.101. The Morgan fingerprint density at radius 2 is 1.67 bits per heavy atom. The van der Waals surface area contributed by atoms with Gasteiger partial charge in [-0.05, 0) is 56.9 Å². The number of nitrogens with one attached hydrogen (secondary N) is 2. The smallest absolute Gasteiger partial charge is 0.234 e. The van der Waals surface area contributed by atoms with E-state index < -0.39 is 0 Å². The third kappa shape index (κ3) is 6.22. The van der Waals surface area contributed by atoms with Crippen LogP contribution in [0.15, 0.2) is 41.6 Å². The molecule has 0 aliphatic carbocycles. The molecule has 2 N–H and O–H groups in total. The highest BCUT2D eigenvalue weighted by Gasteiger charge is 2.17. The summed E-state index contributed by atoms with van der Waals surface area (Å²) in [7, 11) is 0. The number of carbonyl (C=O) groups excluding carboxylic acids is 2. The largest absolute Gasteiger partial charge is 0.325 e. The molecule has 3 aromatic rings. The lowest BCUT2D eigenvalue weighted by Crippen LogP contribution is -2.19. The maximum Gasteiger partial charge on any atom is 0.234 e. The Morgan fingerprint density at radius 3 is 2.33 bits per heavy atom. The van der Waals surface area contributed by atoms with Gasteiger partial charge in [0, 0.05) is 17.9 Å². The summed E-state index contributed by atoms with van der Waals surface area (Å²) in [4.78, 5) is 25.2. The molecule has 8 heteroatoms. The summed E-state index contributed by atoms with van der Waals surface area (Å²) in [5.41, 5.74) is 6.02. The van der Waals surface area contributed by atoms with Crippen LogP contribution in [0.2, 0.25) is 0 Å². The Kier molecular flexibility index (Phi) is 8.27. The van der Waals surface area contributed by atoms with Gasteiger partial charge in [0.05, 0.1) is 12.2 Å². The van der Waals surface area contributed by atoms with Crippen LogP contribution < -0.4 is 10.6 Å². The van der Waals surface area contributed by atoms with Crippen LogP contribution in [0.3, 0.4) is 0 Å². The fraction of sp³-hybridized carbons (Fsp3) is 0.360. The summed E-state index contributed by atoms with van der Waals surface area (Å²) in [6.07, 6.45) is 0.958. The summed E-state index contributed by atoms with van der Waals surface area (Å²) < 4.78 is 1.88. The molecule has 0 atom stereocenters. The van der Waals surface area contributed by atoms with Crippen molar-refractivity contribution in [3.8, 4) is 0 Å². The number of para-hydroxylation sites is 1. The molecule has 0 aliphatic heterocycles. The molecule has 0 radical (unpaired) electrons. The lowest BCUT2D eigenvalue weighted by Gasteiger charge is -2.13. The van der Waals surface area contributed by atoms with E-state index in [4.69, 9.17) is 0 Å². The number of aryl methyl sites for hydroxylation is 4. The fourth-order valence-electron chi connectivity index (χ4n) is 3.85. The quantitative estimate of drug-likeness (QED) is 0.447. The molecule has 2 aromatic carbocycles. The Labute approximate surface area is 199 Å². The van der Waals surface area contributed by atoms with E-state index in [-0.39, 0.29) is 24.0 Å². The van der Waals surface area contributed by atoms with E-state index in [1.54, 1.807) is 0 Å². The van der Waals surface area contributed by atoms with E-state index in [1.807, 2.05) is 56.5 Å². The van der Waals surface area contributed by atoms with Gasteiger partial charge in [-0.2, -0.15) is 0 Å². The average Bonchev–Trinajstić information content (AvgIpc) is 3.16. The van der Waals surface area contributed by atoms with Crippen molar-refractivity contribution in [3.63, 3.8) is 0 Å². The molecule has 0 aliphatic rings. The van der Waals surface area contributed by atoms with Crippen LogP contribution >= 0.6 is 11.8 Å². The van der Waals surface area contributed by atoms with Crippen molar-refractivity contribution in [1.29, 1.82) is 0 Å². The van der Waals surface area contributed by atoms with Crippen molar-refractivity contribution in [3.05, 3.63) is 64.5 Å². The highest BCUT2D eigenvalue weighted by Crippen LogP contribution is 2.23. The molecular weight excluding hydrogens is 434 g/mol. The highest BCUT2D eigenvalue weighted by atomic mass is 32.2. The van der Waals surface area contributed by atoms with Crippen molar-refractivity contribution in [2.24, 2.45) is 0 Å². The number of amides is 2. The first-order valence-electron chi connectivity index (χ1n) is 11.1. The van der Waals surface area contributed by atoms with E-state index in [0.29, 0.717) is 17.5 Å². The second kappa shape index (κ2) is 11.1. The van der Waals surface area contributed by atoms with Crippen molar-refractivity contribution >= 4 is 35.0 Å². The second-order valence-electron chi connectivity index (χ2n) is 7.99. The molecule has 2 amide bonds. The van der Waals surface area contributed by atoms with Crippen molar-refractivity contribution in [1.82, 2.24) is 14.8 Å². The molecule has 33 heavy (non-hydrogen) atoms. The van der Waals surface area contributed by atoms with Crippen molar-refractivity contribution in [2.75, 3.05) is 16.4 Å². The maximum absolute atomic E-state index is 12.6. The summed E-state index contributed by atoms with van der Waals surface area (Å²) in [6.45, 7) is 10.7. The molecule has 0 saturated carbocycles. The zero-order valence-corrected chi connectivity index (χ0v) is 20.7. The molecule has 0 spiro atoms. The van der Waals surface area contributed by atoms with E-state index in [1.165, 1.54) is 17.3 Å². The van der Waals surface area contributed by atoms with Crippen LogP contribution in [-0.2, 0) is 29.0 Å². The van der Waals surface area contributed by atoms with Gasteiger partial charge in [0.15, 0.2) is 5.16 Å². The van der Waals surface area contributed by atoms with E-state index in [9.17, 15) is 9.59 Å². The van der Waals surface area contributed by atoms with Gasteiger partial charge >= 0.3 is 0 Å². The van der Waals surface area contributed by atoms with Crippen molar-refractivity contribution < 1.29 is 9.59 Å². The summed E-state index contributed by atoms with van der Waals surface area (Å²) in [6, 6.07) is 11.9. The molecular formula is C25H31N5O2S. The average molecular weight is 466 g/mol. The molecule has 1 heterocycles. The predicted molar refractivity (Wildman–Crippen MR) is 134 cm³/mol. The normalized spacial score (nSPS) is 10.8. The Balaban J connectivity index is 1.62. The number of anilines is 2. The number of thioether (sulfide) groups is 1. The first-order chi connectivity index (χ1) is 15.8. The Hall–Kier alpha value is -3.13. The van der Waals surface area contributed by atoms with E-state index in [2.05, 4.69) is 39.9 Å². The number of nitrogens with zero attached hydrogens (tertiary/aromatic N) is 3. The number of aromatic nitrogens is 3. The van der Waals surface area contributed by atoms with Gasteiger partial charge in [-0.1, -0.05) is 54.6 Å². The molecule has 7 nitrogen and oxygen atoms in total. The molecule has 0 fully saturated rings. The third-order valence-electron chi connectivity index (χ3n) is 5.37. The van der Waals surface area contributed by atoms with Gasteiger partial charge in [-0.3, -0.25) is 9.59 Å². The van der Waals surface area contributed by atoms with Crippen LogP contribution in [0.5, 0.6) is 0 Å². The highest BCUT2D eigenvalue weighted by molar-refractivity contribution is 7.99. The third-order valence-corrected chi connectivity index (χ3v) is 6.34. The molecule has 0 bridgehead atoms. The zero-order valence-electron chi connectivity index (χ0n) is 19.9. The first-order valence-corrected chi connectivity index (χ1v) is 12.1.